The molecular weight excluding hydrogens is 246 g/mol. The van der Waals surface area contributed by atoms with Crippen LogP contribution in [0.3, 0.4) is 0 Å². The molecule has 1 amide bonds. The standard InChI is InChI=1S/C18H19NO/c1-18-11-5-4-8-15(18)16-13-7-3-2-6-12(13)9-10-14(16)17(20)19-18/h2-3,6-7,9-10,15H,4-5,8,11H2,1H3,(H,19,20)/t15-,18-/m1/s1. The Hall–Kier alpha value is -1.83. The molecule has 0 bridgehead atoms. The minimum absolute atomic E-state index is 0.0630. The molecule has 0 unspecified atom stereocenters. The summed E-state index contributed by atoms with van der Waals surface area (Å²) in [7, 11) is 0. The molecule has 1 aliphatic heterocycles. The smallest absolute Gasteiger partial charge is 0.252 e. The highest BCUT2D eigenvalue weighted by molar-refractivity contribution is 6.03. The highest BCUT2D eigenvalue weighted by atomic mass is 16.1. The molecule has 2 nitrogen and oxygen atoms in total. The molecule has 102 valence electrons. The quantitative estimate of drug-likeness (QED) is 0.766. The second-order valence-corrected chi connectivity index (χ2v) is 6.42. The van der Waals surface area contributed by atoms with Gasteiger partial charge in [-0.05, 0) is 42.2 Å². The van der Waals surface area contributed by atoms with E-state index in [1.807, 2.05) is 6.07 Å². The molecule has 2 aromatic rings. The van der Waals surface area contributed by atoms with Crippen molar-refractivity contribution in [3.63, 3.8) is 0 Å². The van der Waals surface area contributed by atoms with Crippen LogP contribution in [0.25, 0.3) is 10.8 Å². The zero-order chi connectivity index (χ0) is 13.7. The predicted octanol–water partition coefficient (Wildman–Crippen LogP) is 4.00. The van der Waals surface area contributed by atoms with E-state index >= 15 is 0 Å². The highest BCUT2D eigenvalue weighted by Crippen LogP contribution is 2.46. The zero-order valence-electron chi connectivity index (χ0n) is 11.8. The van der Waals surface area contributed by atoms with Gasteiger partial charge in [-0.25, -0.2) is 0 Å². The Morgan fingerprint density at radius 1 is 1.15 bits per heavy atom. The second kappa shape index (κ2) is 4.08. The average molecular weight is 265 g/mol. The summed E-state index contributed by atoms with van der Waals surface area (Å²) in [6.07, 6.45) is 4.75. The van der Waals surface area contributed by atoms with Gasteiger partial charge < -0.3 is 5.32 Å². The van der Waals surface area contributed by atoms with Crippen LogP contribution in [0.4, 0.5) is 0 Å². The van der Waals surface area contributed by atoms with Crippen molar-refractivity contribution in [2.75, 3.05) is 0 Å². The van der Waals surface area contributed by atoms with Crippen molar-refractivity contribution in [2.45, 2.75) is 44.1 Å². The first kappa shape index (κ1) is 12.0. The summed E-state index contributed by atoms with van der Waals surface area (Å²) in [6.45, 7) is 2.22. The van der Waals surface area contributed by atoms with E-state index in [0.717, 1.165) is 12.0 Å². The third kappa shape index (κ3) is 1.54. The zero-order valence-corrected chi connectivity index (χ0v) is 11.8. The van der Waals surface area contributed by atoms with Crippen LogP contribution in [-0.2, 0) is 0 Å². The molecule has 2 heteroatoms. The Labute approximate surface area is 119 Å². The van der Waals surface area contributed by atoms with Crippen molar-refractivity contribution >= 4 is 16.7 Å². The largest absolute Gasteiger partial charge is 0.346 e. The molecule has 0 saturated heterocycles. The number of nitrogens with one attached hydrogen (secondary N) is 1. The summed E-state index contributed by atoms with van der Waals surface area (Å²) in [4.78, 5) is 12.5. The normalized spacial score (nSPS) is 28.6. The lowest BCUT2D eigenvalue weighted by atomic mass is 9.66. The van der Waals surface area contributed by atoms with Crippen LogP contribution in [-0.4, -0.2) is 11.4 Å². The molecule has 1 aliphatic carbocycles. The molecule has 1 fully saturated rings. The Balaban J connectivity index is 2.03. The fourth-order valence-electron chi connectivity index (χ4n) is 4.14. The molecule has 2 aromatic carbocycles. The van der Waals surface area contributed by atoms with E-state index in [2.05, 4.69) is 42.6 Å². The Kier molecular flexibility index (Phi) is 2.44. The van der Waals surface area contributed by atoms with E-state index in [1.54, 1.807) is 0 Å². The molecule has 4 rings (SSSR count). The minimum Gasteiger partial charge on any atom is -0.346 e. The fraction of sp³-hybridized carbons (Fsp3) is 0.389. The molecular formula is C18H19NO. The lowest BCUT2D eigenvalue weighted by Crippen LogP contribution is -2.55. The lowest BCUT2D eigenvalue weighted by Gasteiger charge is -2.46. The monoisotopic (exact) mass is 265 g/mol. The van der Waals surface area contributed by atoms with Gasteiger partial charge in [0.1, 0.15) is 0 Å². The van der Waals surface area contributed by atoms with Gasteiger partial charge in [0.15, 0.2) is 0 Å². The number of fused-ring (bicyclic) bond motifs is 5. The maximum absolute atomic E-state index is 12.5. The maximum Gasteiger partial charge on any atom is 0.252 e. The molecule has 1 N–H and O–H groups in total. The van der Waals surface area contributed by atoms with Crippen molar-refractivity contribution < 1.29 is 4.79 Å². The van der Waals surface area contributed by atoms with Crippen LogP contribution in [0.1, 0.15) is 54.4 Å². The summed E-state index contributed by atoms with van der Waals surface area (Å²) in [5, 5.41) is 5.78. The number of carbonyl (C=O) groups excluding carboxylic acids is 1. The van der Waals surface area contributed by atoms with Gasteiger partial charge >= 0.3 is 0 Å². The fourth-order valence-corrected chi connectivity index (χ4v) is 4.14. The van der Waals surface area contributed by atoms with Crippen LogP contribution in [0.2, 0.25) is 0 Å². The summed E-state index contributed by atoms with van der Waals surface area (Å²) in [5.74, 6) is 0.557. The number of hydrogen-bond acceptors (Lipinski definition) is 1. The predicted molar refractivity (Wildman–Crippen MR) is 81.0 cm³/mol. The molecule has 2 aliphatic rings. The van der Waals surface area contributed by atoms with Crippen molar-refractivity contribution in [1.29, 1.82) is 0 Å². The van der Waals surface area contributed by atoms with Gasteiger partial charge in [-0.15, -0.1) is 0 Å². The van der Waals surface area contributed by atoms with Crippen molar-refractivity contribution in [3.05, 3.63) is 47.5 Å². The van der Waals surface area contributed by atoms with E-state index < -0.39 is 0 Å². The third-order valence-electron chi connectivity index (χ3n) is 5.17. The Morgan fingerprint density at radius 2 is 2.00 bits per heavy atom. The van der Waals surface area contributed by atoms with Crippen molar-refractivity contribution in [3.8, 4) is 0 Å². The van der Waals surface area contributed by atoms with E-state index in [1.165, 1.54) is 35.6 Å². The summed E-state index contributed by atoms with van der Waals surface area (Å²) >= 11 is 0. The highest BCUT2D eigenvalue weighted by Gasteiger charge is 2.44. The van der Waals surface area contributed by atoms with Gasteiger partial charge in [0, 0.05) is 17.0 Å². The van der Waals surface area contributed by atoms with Crippen LogP contribution >= 0.6 is 0 Å². The van der Waals surface area contributed by atoms with Crippen LogP contribution < -0.4 is 5.32 Å². The van der Waals surface area contributed by atoms with Gasteiger partial charge in [-0.2, -0.15) is 0 Å². The van der Waals surface area contributed by atoms with Gasteiger partial charge in [0.25, 0.3) is 5.91 Å². The molecule has 0 spiro atoms. The summed E-state index contributed by atoms with van der Waals surface area (Å²) in [6, 6.07) is 12.5. The average Bonchev–Trinajstić information content (AvgIpc) is 2.46. The SMILES string of the molecule is C[C@@]12CCCC[C@@H]1c1c(ccc3ccccc13)C(=O)N2. The van der Waals surface area contributed by atoms with E-state index in [9.17, 15) is 4.79 Å². The van der Waals surface area contributed by atoms with Crippen molar-refractivity contribution in [2.24, 2.45) is 0 Å². The first-order chi connectivity index (χ1) is 9.69. The third-order valence-corrected chi connectivity index (χ3v) is 5.17. The van der Waals surface area contributed by atoms with E-state index in [4.69, 9.17) is 0 Å². The first-order valence-electron chi connectivity index (χ1n) is 7.53. The van der Waals surface area contributed by atoms with Crippen LogP contribution in [0.5, 0.6) is 0 Å². The van der Waals surface area contributed by atoms with Crippen molar-refractivity contribution in [1.82, 2.24) is 5.32 Å². The summed E-state index contributed by atoms with van der Waals surface area (Å²) in [5.41, 5.74) is 2.11. The number of amides is 1. The topological polar surface area (TPSA) is 29.1 Å². The van der Waals surface area contributed by atoms with Gasteiger partial charge in [-0.1, -0.05) is 43.2 Å². The van der Waals surface area contributed by atoms with Gasteiger partial charge in [-0.3, -0.25) is 4.79 Å². The number of rotatable bonds is 0. The second-order valence-electron chi connectivity index (χ2n) is 6.42. The van der Waals surface area contributed by atoms with Crippen LogP contribution in [0.15, 0.2) is 36.4 Å². The minimum atomic E-state index is -0.0630. The summed E-state index contributed by atoms with van der Waals surface area (Å²) < 4.78 is 0. The molecule has 0 radical (unpaired) electrons. The first-order valence-corrected chi connectivity index (χ1v) is 7.53. The van der Waals surface area contributed by atoms with Gasteiger partial charge in [0.2, 0.25) is 0 Å². The molecule has 20 heavy (non-hydrogen) atoms. The van der Waals surface area contributed by atoms with E-state index in [0.29, 0.717) is 5.92 Å². The molecule has 0 aromatic heterocycles. The molecule has 1 saturated carbocycles. The molecule has 1 heterocycles. The number of hydrogen-bond donors (Lipinski definition) is 1. The van der Waals surface area contributed by atoms with Gasteiger partial charge in [0.05, 0.1) is 0 Å². The maximum atomic E-state index is 12.5. The lowest BCUT2D eigenvalue weighted by molar-refractivity contribution is 0.0830. The Bertz CT molecular complexity index is 706. The number of benzene rings is 2. The number of carbonyl (C=O) groups is 1. The Morgan fingerprint density at radius 3 is 2.90 bits per heavy atom. The van der Waals surface area contributed by atoms with E-state index in [-0.39, 0.29) is 11.4 Å². The van der Waals surface area contributed by atoms with Crippen LogP contribution in [0, 0.1) is 0 Å². The molecule has 2 atom stereocenters.